The summed E-state index contributed by atoms with van der Waals surface area (Å²) in [4.78, 5) is 11.6. The fourth-order valence-electron chi connectivity index (χ4n) is 2.26. The molecule has 0 saturated heterocycles. The summed E-state index contributed by atoms with van der Waals surface area (Å²) in [6, 6.07) is 0.0796. The van der Waals surface area contributed by atoms with Crippen molar-refractivity contribution in [2.75, 3.05) is 0 Å². The van der Waals surface area contributed by atoms with Gasteiger partial charge in [0.1, 0.15) is 0 Å². The Morgan fingerprint density at radius 2 is 2.06 bits per heavy atom. The van der Waals surface area contributed by atoms with Crippen LogP contribution in [0.3, 0.4) is 0 Å². The molecule has 0 aromatic heterocycles. The molecule has 2 nitrogen and oxygen atoms in total. The molecule has 5 heteroatoms. The molecule has 0 radical (unpaired) electrons. The van der Waals surface area contributed by atoms with Gasteiger partial charge in [-0.3, -0.25) is 4.79 Å². The minimum Gasteiger partial charge on any atom is -0.349 e. The average molecular weight is 299 g/mol. The van der Waals surface area contributed by atoms with Crippen LogP contribution in [0.1, 0.15) is 33.1 Å². The largest absolute Gasteiger partial charge is 0.349 e. The van der Waals surface area contributed by atoms with Gasteiger partial charge in [0.2, 0.25) is 0 Å². The summed E-state index contributed by atoms with van der Waals surface area (Å²) in [5.41, 5.74) is 0. The van der Waals surface area contributed by atoms with Crippen molar-refractivity contribution in [3.63, 3.8) is 0 Å². The summed E-state index contributed by atoms with van der Waals surface area (Å²) in [5, 5.41) is 2.82. The molecule has 0 spiro atoms. The topological polar surface area (TPSA) is 29.1 Å². The van der Waals surface area contributed by atoms with E-state index in [-0.39, 0.29) is 6.04 Å². The van der Waals surface area contributed by atoms with Gasteiger partial charge in [-0.2, -0.15) is 0 Å². The second-order valence-corrected chi connectivity index (χ2v) is 6.83. The lowest BCUT2D eigenvalue weighted by Gasteiger charge is -2.22. The van der Waals surface area contributed by atoms with Crippen molar-refractivity contribution in [2.24, 2.45) is 11.8 Å². The van der Waals surface area contributed by atoms with E-state index in [2.05, 4.69) is 31.3 Å². The Morgan fingerprint density at radius 1 is 1.41 bits per heavy atom. The third-order valence-corrected chi connectivity index (χ3v) is 3.74. The molecule has 1 rings (SSSR count). The molecule has 3 unspecified atom stereocenters. The molecule has 17 heavy (non-hydrogen) atoms. The van der Waals surface area contributed by atoms with Crippen LogP contribution in [0.15, 0.2) is 12.2 Å². The summed E-state index contributed by atoms with van der Waals surface area (Å²) in [6.45, 7) is 4.27. The minimum atomic E-state index is -1.87. The van der Waals surface area contributed by atoms with Gasteiger partial charge in [0.15, 0.2) is 0 Å². The maximum Gasteiger partial charge on any atom is 0.272 e. The Labute approximate surface area is 118 Å². The number of carbonyl (C=O) groups is 1. The monoisotopic (exact) mass is 297 g/mol. The van der Waals surface area contributed by atoms with E-state index in [4.69, 9.17) is 34.8 Å². The molecule has 0 aromatic rings. The molecule has 98 valence electrons. The van der Waals surface area contributed by atoms with Crippen LogP contribution in [0.4, 0.5) is 0 Å². The average Bonchev–Trinajstić information content (AvgIpc) is 2.56. The van der Waals surface area contributed by atoms with Gasteiger partial charge in [-0.05, 0) is 31.1 Å². The standard InChI is InChI=1S/C12H18Cl3NO/c1-3-4-5-9-8(2)6-7-10(9)16-11(17)12(13,14)15/h4-5,8-10H,3,6-7H2,1-2H3,(H,16,17). The highest BCUT2D eigenvalue weighted by Crippen LogP contribution is 2.34. The third kappa shape index (κ3) is 4.35. The summed E-state index contributed by atoms with van der Waals surface area (Å²) in [7, 11) is 0. The van der Waals surface area contributed by atoms with E-state index >= 15 is 0 Å². The van der Waals surface area contributed by atoms with E-state index in [1.165, 1.54) is 0 Å². The Bertz CT molecular complexity index is 299. The van der Waals surface area contributed by atoms with Crippen molar-refractivity contribution in [1.29, 1.82) is 0 Å². The molecular formula is C12H18Cl3NO. The highest BCUT2D eigenvalue weighted by Gasteiger charge is 2.37. The number of hydrogen-bond donors (Lipinski definition) is 1. The van der Waals surface area contributed by atoms with Gasteiger partial charge < -0.3 is 5.32 Å². The molecule has 3 atom stereocenters. The van der Waals surface area contributed by atoms with Crippen molar-refractivity contribution in [1.82, 2.24) is 5.32 Å². The highest BCUT2D eigenvalue weighted by atomic mass is 35.6. The molecule has 1 N–H and O–H groups in total. The van der Waals surface area contributed by atoms with Gasteiger partial charge in [0.05, 0.1) is 0 Å². The van der Waals surface area contributed by atoms with E-state index in [1.807, 2.05) is 0 Å². The zero-order valence-electron chi connectivity index (χ0n) is 10.1. The molecule has 1 amide bonds. The smallest absolute Gasteiger partial charge is 0.272 e. The second kappa shape index (κ2) is 6.31. The first kappa shape index (κ1) is 15.1. The molecule has 0 heterocycles. The number of rotatable bonds is 3. The molecule has 1 aliphatic carbocycles. The van der Waals surface area contributed by atoms with E-state index in [0.717, 1.165) is 19.3 Å². The number of nitrogens with one attached hydrogen (secondary N) is 1. The first-order valence-electron chi connectivity index (χ1n) is 5.90. The number of carbonyl (C=O) groups excluding carboxylic acids is 1. The second-order valence-electron chi connectivity index (χ2n) is 4.55. The quantitative estimate of drug-likeness (QED) is 0.622. The predicted molar refractivity (Wildman–Crippen MR) is 73.5 cm³/mol. The normalized spacial score (nSPS) is 29.8. The third-order valence-electron chi connectivity index (χ3n) is 3.22. The fraction of sp³-hybridized carbons (Fsp3) is 0.750. The van der Waals surface area contributed by atoms with Crippen molar-refractivity contribution in [3.8, 4) is 0 Å². The number of hydrogen-bond acceptors (Lipinski definition) is 1. The number of allylic oxidation sites excluding steroid dienone is 1. The van der Waals surface area contributed by atoms with Crippen molar-refractivity contribution >= 4 is 40.7 Å². The zero-order chi connectivity index (χ0) is 13.1. The van der Waals surface area contributed by atoms with Gasteiger partial charge in [-0.25, -0.2) is 0 Å². The molecule has 1 saturated carbocycles. The summed E-state index contributed by atoms with van der Waals surface area (Å²) in [5.74, 6) is 0.362. The van der Waals surface area contributed by atoms with Crippen molar-refractivity contribution < 1.29 is 4.79 Å². The first-order chi connectivity index (χ1) is 7.86. The lowest BCUT2D eigenvalue weighted by atomic mass is 9.94. The number of alkyl halides is 3. The minimum absolute atomic E-state index is 0.0796. The molecule has 0 aromatic carbocycles. The Morgan fingerprint density at radius 3 is 2.59 bits per heavy atom. The summed E-state index contributed by atoms with van der Waals surface area (Å²) in [6.07, 6.45) is 7.31. The van der Waals surface area contributed by atoms with Crippen molar-refractivity contribution in [2.45, 2.75) is 42.9 Å². The van der Waals surface area contributed by atoms with Crippen LogP contribution in [0.2, 0.25) is 0 Å². The van der Waals surface area contributed by atoms with Crippen LogP contribution in [0.5, 0.6) is 0 Å². The number of halogens is 3. The molecule has 0 aliphatic heterocycles. The van der Waals surface area contributed by atoms with E-state index in [0.29, 0.717) is 11.8 Å². The maximum atomic E-state index is 11.6. The van der Waals surface area contributed by atoms with E-state index in [9.17, 15) is 4.79 Å². The SMILES string of the molecule is CCC=CC1C(C)CCC1NC(=O)C(Cl)(Cl)Cl. The van der Waals surface area contributed by atoms with Crippen molar-refractivity contribution in [3.05, 3.63) is 12.2 Å². The Balaban J connectivity index is 2.64. The first-order valence-corrected chi connectivity index (χ1v) is 7.04. The lowest BCUT2D eigenvalue weighted by Crippen LogP contribution is -2.43. The Hall–Kier alpha value is 0.0800. The summed E-state index contributed by atoms with van der Waals surface area (Å²) < 4.78 is -1.87. The predicted octanol–water partition coefficient (Wildman–Crippen LogP) is 3.85. The van der Waals surface area contributed by atoms with Gasteiger partial charge in [0, 0.05) is 6.04 Å². The zero-order valence-corrected chi connectivity index (χ0v) is 12.3. The van der Waals surface area contributed by atoms with Gasteiger partial charge in [-0.1, -0.05) is 60.8 Å². The van der Waals surface area contributed by atoms with Gasteiger partial charge >= 0.3 is 0 Å². The van der Waals surface area contributed by atoms with Crippen LogP contribution < -0.4 is 5.32 Å². The van der Waals surface area contributed by atoms with Gasteiger partial charge in [-0.15, -0.1) is 0 Å². The Kier molecular flexibility index (Phi) is 5.62. The highest BCUT2D eigenvalue weighted by molar-refractivity contribution is 6.76. The van der Waals surface area contributed by atoms with Gasteiger partial charge in [0.25, 0.3) is 9.70 Å². The van der Waals surface area contributed by atoms with Crippen LogP contribution in [0.25, 0.3) is 0 Å². The number of amides is 1. The molecular weight excluding hydrogens is 280 g/mol. The van der Waals surface area contributed by atoms with E-state index in [1.54, 1.807) is 0 Å². The fourth-order valence-corrected chi connectivity index (χ4v) is 2.42. The molecule has 1 aliphatic rings. The molecule has 1 fully saturated rings. The van der Waals surface area contributed by atoms with Crippen LogP contribution in [-0.2, 0) is 4.79 Å². The van der Waals surface area contributed by atoms with Crippen LogP contribution in [0, 0.1) is 11.8 Å². The molecule has 0 bridgehead atoms. The maximum absolute atomic E-state index is 11.6. The van der Waals surface area contributed by atoms with E-state index < -0.39 is 9.70 Å². The summed E-state index contributed by atoms with van der Waals surface area (Å²) >= 11 is 16.7. The lowest BCUT2D eigenvalue weighted by molar-refractivity contribution is -0.121. The van der Waals surface area contributed by atoms with Crippen LogP contribution >= 0.6 is 34.8 Å². The van der Waals surface area contributed by atoms with Crippen LogP contribution in [-0.4, -0.2) is 15.7 Å².